The van der Waals surface area contributed by atoms with Crippen LogP contribution in [0, 0.1) is 6.92 Å². The molecule has 126 valence electrons. The lowest BCUT2D eigenvalue weighted by Crippen LogP contribution is -2.46. The van der Waals surface area contributed by atoms with Crippen molar-refractivity contribution in [3.8, 4) is 0 Å². The van der Waals surface area contributed by atoms with Crippen LogP contribution in [0.2, 0.25) is 0 Å². The molecular formula is C17H29Cl2N3. The molecule has 3 rings (SSSR count). The van der Waals surface area contributed by atoms with Crippen LogP contribution in [0.25, 0.3) is 0 Å². The lowest BCUT2D eigenvalue weighted by atomic mass is 10.0. The van der Waals surface area contributed by atoms with Crippen molar-refractivity contribution in [2.45, 2.75) is 32.2 Å². The van der Waals surface area contributed by atoms with E-state index in [0.29, 0.717) is 0 Å². The second-order valence-corrected chi connectivity index (χ2v) is 6.19. The smallest absolute Gasteiger partial charge is 0.0366 e. The van der Waals surface area contributed by atoms with E-state index in [2.05, 4.69) is 46.3 Å². The summed E-state index contributed by atoms with van der Waals surface area (Å²) < 4.78 is 0. The maximum Gasteiger partial charge on any atom is 0.0366 e. The Morgan fingerprint density at radius 3 is 2.27 bits per heavy atom. The molecule has 0 radical (unpaired) electrons. The molecular weight excluding hydrogens is 317 g/mol. The molecule has 5 heteroatoms. The molecule has 0 atom stereocenters. The third-order valence-electron chi connectivity index (χ3n) is 4.75. The number of halogens is 2. The lowest BCUT2D eigenvalue weighted by molar-refractivity contribution is 0.180. The van der Waals surface area contributed by atoms with E-state index >= 15 is 0 Å². The average Bonchev–Trinajstić information content (AvgIpc) is 2.77. The second-order valence-electron chi connectivity index (χ2n) is 6.19. The highest BCUT2D eigenvalue weighted by Crippen LogP contribution is 2.23. The molecule has 0 saturated carbocycles. The summed E-state index contributed by atoms with van der Waals surface area (Å²) in [7, 11) is 0. The van der Waals surface area contributed by atoms with Gasteiger partial charge in [-0.05, 0) is 51.4 Å². The van der Waals surface area contributed by atoms with Gasteiger partial charge in [0.25, 0.3) is 0 Å². The Kier molecular flexibility index (Phi) is 8.55. The minimum Gasteiger partial charge on any atom is -0.371 e. The van der Waals surface area contributed by atoms with Gasteiger partial charge in [0.05, 0.1) is 0 Å². The van der Waals surface area contributed by atoms with Gasteiger partial charge in [-0.3, -0.25) is 4.90 Å². The van der Waals surface area contributed by atoms with Crippen molar-refractivity contribution in [3.63, 3.8) is 0 Å². The van der Waals surface area contributed by atoms with Crippen LogP contribution in [0.1, 0.15) is 24.8 Å². The third kappa shape index (κ3) is 5.02. The van der Waals surface area contributed by atoms with Crippen LogP contribution in [0.4, 0.5) is 5.69 Å². The van der Waals surface area contributed by atoms with Crippen LogP contribution in [-0.4, -0.2) is 50.2 Å². The summed E-state index contributed by atoms with van der Waals surface area (Å²) in [5, 5.41) is 3.50. The highest BCUT2D eigenvalue weighted by Gasteiger charge is 2.24. The van der Waals surface area contributed by atoms with E-state index in [9.17, 15) is 0 Å². The first-order chi connectivity index (χ1) is 9.83. The Morgan fingerprint density at radius 2 is 1.59 bits per heavy atom. The van der Waals surface area contributed by atoms with Gasteiger partial charge in [0, 0.05) is 37.9 Å². The zero-order chi connectivity index (χ0) is 13.8. The fourth-order valence-electron chi connectivity index (χ4n) is 3.48. The van der Waals surface area contributed by atoms with E-state index in [1.807, 2.05) is 0 Å². The number of anilines is 1. The zero-order valence-electron chi connectivity index (χ0n) is 13.5. The van der Waals surface area contributed by atoms with Gasteiger partial charge in [-0.1, -0.05) is 17.7 Å². The van der Waals surface area contributed by atoms with Crippen molar-refractivity contribution in [2.75, 3.05) is 44.2 Å². The van der Waals surface area contributed by atoms with Crippen LogP contribution in [0.5, 0.6) is 0 Å². The molecule has 2 heterocycles. The number of hydrogen-bond acceptors (Lipinski definition) is 3. The van der Waals surface area contributed by atoms with Gasteiger partial charge < -0.3 is 10.2 Å². The molecule has 1 N–H and O–H groups in total. The molecule has 0 bridgehead atoms. The quantitative estimate of drug-likeness (QED) is 0.888. The van der Waals surface area contributed by atoms with Gasteiger partial charge in [0.1, 0.15) is 0 Å². The van der Waals surface area contributed by atoms with Crippen LogP contribution < -0.4 is 10.2 Å². The highest BCUT2D eigenvalue weighted by atomic mass is 35.5. The van der Waals surface area contributed by atoms with Crippen LogP contribution >= 0.6 is 24.8 Å². The number of nitrogens with zero attached hydrogens (tertiary/aromatic N) is 2. The first-order valence-corrected chi connectivity index (χ1v) is 8.09. The minimum absolute atomic E-state index is 0. The normalized spacial score (nSPS) is 20.7. The molecule has 2 saturated heterocycles. The SMILES string of the molecule is Cc1ccc(N2CCC(N3CCCNCC3)CC2)cc1.Cl.Cl. The van der Waals surface area contributed by atoms with Gasteiger partial charge in [-0.2, -0.15) is 0 Å². The van der Waals surface area contributed by atoms with E-state index in [1.165, 1.54) is 63.2 Å². The average molecular weight is 346 g/mol. The second kappa shape index (κ2) is 9.61. The molecule has 0 amide bonds. The van der Waals surface area contributed by atoms with Gasteiger partial charge in [0.15, 0.2) is 0 Å². The Labute approximate surface area is 147 Å². The number of benzene rings is 1. The van der Waals surface area contributed by atoms with Crippen molar-refractivity contribution in [1.29, 1.82) is 0 Å². The molecule has 0 unspecified atom stereocenters. The topological polar surface area (TPSA) is 18.5 Å². The number of aryl methyl sites for hydroxylation is 1. The molecule has 2 aliphatic rings. The van der Waals surface area contributed by atoms with Crippen molar-refractivity contribution in [3.05, 3.63) is 29.8 Å². The number of rotatable bonds is 2. The Bertz CT molecular complexity index is 408. The van der Waals surface area contributed by atoms with Gasteiger partial charge in [0.2, 0.25) is 0 Å². The molecule has 0 aliphatic carbocycles. The van der Waals surface area contributed by atoms with Gasteiger partial charge >= 0.3 is 0 Å². The number of piperidine rings is 1. The molecule has 22 heavy (non-hydrogen) atoms. The van der Waals surface area contributed by atoms with Crippen molar-refractivity contribution < 1.29 is 0 Å². The predicted molar refractivity (Wildman–Crippen MR) is 100.0 cm³/mol. The Hall–Kier alpha value is -0.480. The van der Waals surface area contributed by atoms with E-state index in [1.54, 1.807) is 0 Å². The lowest BCUT2D eigenvalue weighted by Gasteiger charge is -2.39. The van der Waals surface area contributed by atoms with E-state index in [0.717, 1.165) is 12.6 Å². The van der Waals surface area contributed by atoms with Crippen LogP contribution in [0.3, 0.4) is 0 Å². The van der Waals surface area contributed by atoms with Crippen molar-refractivity contribution in [1.82, 2.24) is 10.2 Å². The molecule has 1 aromatic rings. The summed E-state index contributed by atoms with van der Waals surface area (Å²) in [5.41, 5.74) is 2.74. The standard InChI is InChI=1S/C17H27N3.2ClH/c1-15-3-5-16(6-4-15)20-12-7-17(8-13-20)19-11-2-9-18-10-14-19;;/h3-6,17-18H,2,7-14H2,1H3;2*1H. The van der Waals surface area contributed by atoms with E-state index in [-0.39, 0.29) is 24.8 Å². The summed E-state index contributed by atoms with van der Waals surface area (Å²) in [6, 6.07) is 9.79. The maximum atomic E-state index is 3.50. The molecule has 3 nitrogen and oxygen atoms in total. The van der Waals surface area contributed by atoms with E-state index < -0.39 is 0 Å². The molecule has 2 aliphatic heterocycles. The number of hydrogen-bond donors (Lipinski definition) is 1. The Morgan fingerprint density at radius 1 is 0.909 bits per heavy atom. The highest BCUT2D eigenvalue weighted by molar-refractivity contribution is 5.85. The first-order valence-electron chi connectivity index (χ1n) is 8.09. The predicted octanol–water partition coefficient (Wildman–Crippen LogP) is 3.10. The van der Waals surface area contributed by atoms with Crippen LogP contribution in [0.15, 0.2) is 24.3 Å². The fraction of sp³-hybridized carbons (Fsp3) is 0.647. The monoisotopic (exact) mass is 345 g/mol. The summed E-state index contributed by atoms with van der Waals surface area (Å²) in [5.74, 6) is 0. The van der Waals surface area contributed by atoms with Gasteiger partial charge in [-0.15, -0.1) is 24.8 Å². The fourth-order valence-corrected chi connectivity index (χ4v) is 3.48. The summed E-state index contributed by atoms with van der Waals surface area (Å²) in [6.07, 6.45) is 3.93. The Balaban J connectivity index is 0.00000121. The largest absolute Gasteiger partial charge is 0.371 e. The van der Waals surface area contributed by atoms with Gasteiger partial charge in [-0.25, -0.2) is 0 Å². The van der Waals surface area contributed by atoms with Crippen molar-refractivity contribution in [2.24, 2.45) is 0 Å². The van der Waals surface area contributed by atoms with Crippen molar-refractivity contribution >= 4 is 30.5 Å². The molecule has 0 spiro atoms. The van der Waals surface area contributed by atoms with Crippen LogP contribution in [-0.2, 0) is 0 Å². The maximum absolute atomic E-state index is 3.50. The minimum atomic E-state index is 0. The molecule has 2 fully saturated rings. The molecule has 1 aromatic carbocycles. The summed E-state index contributed by atoms with van der Waals surface area (Å²) in [6.45, 7) is 9.44. The molecule has 0 aromatic heterocycles. The number of nitrogens with one attached hydrogen (secondary N) is 1. The summed E-state index contributed by atoms with van der Waals surface area (Å²) in [4.78, 5) is 5.26. The zero-order valence-corrected chi connectivity index (χ0v) is 15.1. The van der Waals surface area contributed by atoms with E-state index in [4.69, 9.17) is 0 Å². The summed E-state index contributed by atoms with van der Waals surface area (Å²) >= 11 is 0. The third-order valence-corrected chi connectivity index (χ3v) is 4.75. The first kappa shape index (κ1) is 19.6.